The van der Waals surface area contributed by atoms with Crippen LogP contribution in [0.15, 0.2) is 47.6 Å². The average molecular weight is 261 g/mol. The molecule has 0 saturated carbocycles. The molecule has 0 aromatic heterocycles. The Bertz CT molecular complexity index is 517. The van der Waals surface area contributed by atoms with Gasteiger partial charge in [0.25, 0.3) is 0 Å². The van der Waals surface area contributed by atoms with Gasteiger partial charge in [-0.15, -0.1) is 5.17 Å². The fraction of sp³-hybridized carbons (Fsp3) is 0.214. The van der Waals surface area contributed by atoms with Crippen LogP contribution in [-0.2, 0) is 9.63 Å². The highest BCUT2D eigenvalue weighted by Gasteiger charge is 2.12. The van der Waals surface area contributed by atoms with E-state index in [1.165, 1.54) is 0 Å². The lowest BCUT2D eigenvalue weighted by molar-refractivity contribution is -0.140. The molecule has 0 radical (unpaired) electrons. The van der Waals surface area contributed by atoms with E-state index in [4.69, 9.17) is 16.4 Å². The average Bonchev–Trinajstić information content (AvgIpc) is 2.36. The van der Waals surface area contributed by atoms with E-state index in [1.54, 1.807) is 37.3 Å². The number of carbonyl (C=O) groups excluding carboxylic acids is 1. The molecule has 0 spiro atoms. The minimum atomic E-state index is -0.525. The van der Waals surface area contributed by atoms with Gasteiger partial charge in [0.1, 0.15) is 5.69 Å². The highest BCUT2D eigenvalue weighted by Crippen LogP contribution is 2.20. The van der Waals surface area contributed by atoms with E-state index in [2.05, 4.69) is 0 Å². The molecule has 5 nitrogen and oxygen atoms in total. The maximum absolute atomic E-state index is 11.8. The number of allylic oxidation sites excluding steroid dienone is 3. The Morgan fingerprint density at radius 2 is 1.84 bits per heavy atom. The van der Waals surface area contributed by atoms with Gasteiger partial charge in [0.05, 0.1) is 5.69 Å². The fourth-order valence-electron chi connectivity index (χ4n) is 1.26. The van der Waals surface area contributed by atoms with Crippen LogP contribution in [0.25, 0.3) is 0 Å². The van der Waals surface area contributed by atoms with Crippen LogP contribution >= 0.6 is 0 Å². The zero-order valence-corrected chi connectivity index (χ0v) is 11.4. The predicted molar refractivity (Wildman–Crippen MR) is 76.8 cm³/mol. The van der Waals surface area contributed by atoms with Crippen LogP contribution in [0.4, 0.5) is 11.4 Å². The number of hydrazine groups is 1. The molecule has 4 N–H and O–H groups in total. The molecule has 0 heterocycles. The summed E-state index contributed by atoms with van der Waals surface area (Å²) in [4.78, 5) is 16.8. The molecule has 0 unspecified atom stereocenters. The molecule has 1 aromatic rings. The molecule has 0 amide bonds. The van der Waals surface area contributed by atoms with Crippen molar-refractivity contribution in [2.24, 2.45) is 5.84 Å². The van der Waals surface area contributed by atoms with Gasteiger partial charge >= 0.3 is 5.97 Å². The number of anilines is 2. The summed E-state index contributed by atoms with van der Waals surface area (Å²) in [6.45, 7) is 5.54. The van der Waals surface area contributed by atoms with Crippen molar-refractivity contribution >= 4 is 17.3 Å². The highest BCUT2D eigenvalue weighted by molar-refractivity contribution is 5.89. The van der Waals surface area contributed by atoms with Gasteiger partial charge in [-0.2, -0.15) is 0 Å². The van der Waals surface area contributed by atoms with Gasteiger partial charge in [0, 0.05) is 5.57 Å². The molecule has 0 aliphatic heterocycles. The van der Waals surface area contributed by atoms with E-state index < -0.39 is 5.97 Å². The molecule has 19 heavy (non-hydrogen) atoms. The summed E-state index contributed by atoms with van der Waals surface area (Å²) in [7, 11) is 0. The molecule has 102 valence electrons. The van der Waals surface area contributed by atoms with Crippen LogP contribution in [-0.4, -0.2) is 5.97 Å². The van der Waals surface area contributed by atoms with Crippen molar-refractivity contribution < 1.29 is 9.63 Å². The minimum Gasteiger partial charge on any atom is -0.397 e. The van der Waals surface area contributed by atoms with E-state index in [1.807, 2.05) is 19.9 Å². The minimum absolute atomic E-state index is 0.434. The molecule has 0 aliphatic carbocycles. The Morgan fingerprint density at radius 1 is 1.21 bits per heavy atom. The molecule has 0 bridgehead atoms. The maximum Gasteiger partial charge on any atom is 0.360 e. The van der Waals surface area contributed by atoms with Gasteiger partial charge < -0.3 is 10.6 Å². The Hall–Kier alpha value is -2.27. The van der Waals surface area contributed by atoms with Crippen LogP contribution < -0.4 is 16.7 Å². The van der Waals surface area contributed by atoms with Crippen molar-refractivity contribution in [1.29, 1.82) is 0 Å². The normalized spacial score (nSPS) is 10.8. The van der Waals surface area contributed by atoms with Gasteiger partial charge in [0.15, 0.2) is 0 Å². The maximum atomic E-state index is 11.8. The van der Waals surface area contributed by atoms with E-state index in [0.717, 1.165) is 10.7 Å². The monoisotopic (exact) mass is 261 g/mol. The lowest BCUT2D eigenvalue weighted by atomic mass is 10.2. The van der Waals surface area contributed by atoms with Gasteiger partial charge in [-0.05, 0) is 32.9 Å². The van der Waals surface area contributed by atoms with Crippen LogP contribution in [0, 0.1) is 0 Å². The van der Waals surface area contributed by atoms with Crippen LogP contribution in [0.1, 0.15) is 20.8 Å². The van der Waals surface area contributed by atoms with Gasteiger partial charge in [0.2, 0.25) is 0 Å². The standard InChI is InChI=1S/C14H19N3O2/c1-10(2)8-9-11(3)14(18)19-17(16)13-7-5-4-6-12(13)15/h4-9H,15-16H2,1-3H3/b11-9+. The first-order valence-electron chi connectivity index (χ1n) is 5.85. The number of benzene rings is 1. The number of nitrogens with zero attached hydrogens (tertiary/aromatic N) is 1. The molecule has 0 atom stereocenters. The van der Waals surface area contributed by atoms with E-state index >= 15 is 0 Å². The van der Waals surface area contributed by atoms with Crippen molar-refractivity contribution in [1.82, 2.24) is 0 Å². The molecular formula is C14H19N3O2. The smallest absolute Gasteiger partial charge is 0.360 e. The molecule has 0 fully saturated rings. The van der Waals surface area contributed by atoms with Crippen LogP contribution in [0.5, 0.6) is 0 Å². The highest BCUT2D eigenvalue weighted by atomic mass is 16.7. The molecule has 0 saturated heterocycles. The zero-order valence-electron chi connectivity index (χ0n) is 11.4. The van der Waals surface area contributed by atoms with Crippen LogP contribution in [0.2, 0.25) is 0 Å². The molecule has 1 rings (SSSR count). The molecule has 5 heteroatoms. The predicted octanol–water partition coefficient (Wildman–Crippen LogP) is 2.32. The number of hydrogen-bond donors (Lipinski definition) is 2. The van der Waals surface area contributed by atoms with E-state index in [9.17, 15) is 4.79 Å². The summed E-state index contributed by atoms with van der Waals surface area (Å²) in [5.74, 6) is 5.13. The Kier molecular flexibility index (Phi) is 5.14. The second-order valence-corrected chi connectivity index (χ2v) is 4.36. The van der Waals surface area contributed by atoms with Crippen molar-refractivity contribution in [2.75, 3.05) is 10.9 Å². The third-order valence-electron chi connectivity index (χ3n) is 2.34. The molecular weight excluding hydrogens is 242 g/mol. The number of hydrogen-bond acceptors (Lipinski definition) is 5. The number of carbonyl (C=O) groups is 1. The summed E-state index contributed by atoms with van der Waals surface area (Å²) >= 11 is 0. The lowest BCUT2D eigenvalue weighted by Gasteiger charge is -2.18. The number of nitrogens with two attached hydrogens (primary N) is 2. The summed E-state index contributed by atoms with van der Waals surface area (Å²) in [6.07, 6.45) is 3.51. The van der Waals surface area contributed by atoms with E-state index in [-0.39, 0.29) is 0 Å². The Labute approximate surface area is 113 Å². The third-order valence-corrected chi connectivity index (χ3v) is 2.34. The topological polar surface area (TPSA) is 81.6 Å². The second-order valence-electron chi connectivity index (χ2n) is 4.36. The molecule has 1 aromatic carbocycles. The summed E-state index contributed by atoms with van der Waals surface area (Å²) in [6, 6.07) is 6.87. The summed E-state index contributed by atoms with van der Waals surface area (Å²) in [5, 5.41) is 0.873. The Balaban J connectivity index is 2.75. The first-order chi connectivity index (χ1) is 8.91. The van der Waals surface area contributed by atoms with Gasteiger partial charge in [-0.3, -0.25) is 0 Å². The SMILES string of the molecule is CC(C)=C/C=C(\C)C(=O)ON(N)c1ccccc1N. The Morgan fingerprint density at radius 3 is 2.42 bits per heavy atom. The quantitative estimate of drug-likeness (QED) is 0.286. The van der Waals surface area contributed by atoms with Gasteiger partial charge in [-0.25, -0.2) is 10.6 Å². The fourth-order valence-corrected chi connectivity index (χ4v) is 1.26. The first kappa shape index (κ1) is 14.8. The third kappa shape index (κ3) is 4.48. The summed E-state index contributed by atoms with van der Waals surface area (Å²) < 4.78 is 0. The zero-order chi connectivity index (χ0) is 14.4. The first-order valence-corrected chi connectivity index (χ1v) is 5.85. The number of nitrogen functional groups attached to an aromatic ring is 1. The van der Waals surface area contributed by atoms with Gasteiger partial charge in [-0.1, -0.05) is 29.9 Å². The van der Waals surface area contributed by atoms with Crippen molar-refractivity contribution in [2.45, 2.75) is 20.8 Å². The summed E-state index contributed by atoms with van der Waals surface area (Å²) in [5.41, 5.74) is 8.14. The van der Waals surface area contributed by atoms with Crippen molar-refractivity contribution in [3.05, 3.63) is 47.6 Å². The number of rotatable bonds is 4. The second kappa shape index (κ2) is 6.61. The number of para-hydroxylation sites is 2. The van der Waals surface area contributed by atoms with E-state index in [0.29, 0.717) is 16.9 Å². The molecule has 0 aliphatic rings. The lowest BCUT2D eigenvalue weighted by Crippen LogP contribution is -2.34. The largest absolute Gasteiger partial charge is 0.397 e. The van der Waals surface area contributed by atoms with Crippen molar-refractivity contribution in [3.8, 4) is 0 Å². The van der Waals surface area contributed by atoms with Crippen LogP contribution in [0.3, 0.4) is 0 Å². The van der Waals surface area contributed by atoms with Crippen molar-refractivity contribution in [3.63, 3.8) is 0 Å².